The van der Waals surface area contributed by atoms with Crippen molar-refractivity contribution < 1.29 is 19.1 Å². The summed E-state index contributed by atoms with van der Waals surface area (Å²) in [7, 11) is 2.13. The highest BCUT2D eigenvalue weighted by molar-refractivity contribution is 7.20. The van der Waals surface area contributed by atoms with Crippen molar-refractivity contribution in [3.05, 3.63) is 82.2 Å². The number of piperazine rings is 1. The zero-order valence-electron chi connectivity index (χ0n) is 26.8. The number of fused-ring (bicyclic) bond motifs is 1. The molecule has 0 bridgehead atoms. The van der Waals surface area contributed by atoms with E-state index in [9.17, 15) is 14.4 Å². The van der Waals surface area contributed by atoms with Gasteiger partial charge in [0.1, 0.15) is 4.83 Å². The smallest absolute Gasteiger partial charge is 0.436 e. The van der Waals surface area contributed by atoms with Crippen LogP contribution in [0.2, 0.25) is 0 Å². The largest absolute Gasteiger partial charge is 0.447 e. The van der Waals surface area contributed by atoms with Gasteiger partial charge in [0.15, 0.2) is 5.82 Å². The third-order valence-electron chi connectivity index (χ3n) is 7.76. The van der Waals surface area contributed by atoms with Crippen molar-refractivity contribution in [1.29, 1.82) is 0 Å². The number of ether oxygens (including phenoxy) is 1. The lowest BCUT2D eigenvalue weighted by atomic mass is 9.94. The van der Waals surface area contributed by atoms with Crippen LogP contribution in [0.5, 0.6) is 0 Å². The van der Waals surface area contributed by atoms with Crippen molar-refractivity contribution >= 4 is 45.3 Å². The lowest BCUT2D eigenvalue weighted by Gasteiger charge is -2.32. The molecule has 0 unspecified atom stereocenters. The van der Waals surface area contributed by atoms with E-state index in [4.69, 9.17) is 4.74 Å². The summed E-state index contributed by atoms with van der Waals surface area (Å²) in [5.74, 6) is -0.479. The van der Waals surface area contributed by atoms with E-state index in [1.165, 1.54) is 0 Å². The van der Waals surface area contributed by atoms with Gasteiger partial charge in [-0.15, -0.1) is 16.4 Å². The fraction of sp³-hybridized carbons (Fsp3) is 0.412. The van der Waals surface area contributed by atoms with Crippen LogP contribution in [0.15, 0.2) is 60.7 Å². The maximum absolute atomic E-state index is 13.4. The summed E-state index contributed by atoms with van der Waals surface area (Å²) in [5, 5.41) is 10.8. The number of rotatable bonds is 8. The molecule has 0 radical (unpaired) electrons. The number of likely N-dealkylation sites (N-methyl/N-ethyl adjacent to an activating group) is 1. The molecule has 1 saturated heterocycles. The molecule has 2 aromatic heterocycles. The van der Waals surface area contributed by atoms with Gasteiger partial charge in [-0.3, -0.25) is 14.5 Å². The highest BCUT2D eigenvalue weighted by Crippen LogP contribution is 2.33. The monoisotopic (exact) mass is 630 g/mol. The van der Waals surface area contributed by atoms with Gasteiger partial charge in [0.25, 0.3) is 11.8 Å². The molecule has 1 aliphatic rings. The lowest BCUT2D eigenvalue weighted by Crippen LogP contribution is -2.43. The molecule has 4 aromatic rings. The molecule has 2 amide bonds. The Kier molecular flexibility index (Phi) is 9.43. The van der Waals surface area contributed by atoms with Gasteiger partial charge in [-0.25, -0.2) is 4.79 Å². The van der Waals surface area contributed by atoms with E-state index in [0.717, 1.165) is 59.9 Å². The van der Waals surface area contributed by atoms with Gasteiger partial charge in [-0.1, -0.05) is 63.2 Å². The Labute approximate surface area is 268 Å². The molecule has 1 aliphatic heterocycles. The molecule has 11 heteroatoms. The summed E-state index contributed by atoms with van der Waals surface area (Å²) in [6.45, 7) is 14.9. The summed E-state index contributed by atoms with van der Waals surface area (Å²) in [6, 6.07) is 18.9. The number of amides is 2. The first-order valence-electron chi connectivity index (χ1n) is 15.2. The van der Waals surface area contributed by atoms with Crippen LogP contribution in [0.3, 0.4) is 0 Å². The topological polar surface area (TPSA) is 109 Å². The van der Waals surface area contributed by atoms with Crippen molar-refractivity contribution in [2.75, 3.05) is 45.2 Å². The molecular weight excluding hydrogens is 588 g/mol. The number of aromatic nitrogens is 2. The van der Waals surface area contributed by atoms with Crippen LogP contribution >= 0.6 is 11.3 Å². The van der Waals surface area contributed by atoms with Gasteiger partial charge in [0.2, 0.25) is 0 Å². The van der Waals surface area contributed by atoms with Crippen molar-refractivity contribution in [3.8, 4) is 0 Å². The minimum absolute atomic E-state index is 0.180. The molecule has 2 aromatic carbocycles. The number of benzene rings is 2. The van der Waals surface area contributed by atoms with E-state index in [1.54, 1.807) is 18.2 Å². The number of hydrogen-bond acceptors (Lipinski definition) is 8. The maximum atomic E-state index is 13.4. The summed E-state index contributed by atoms with van der Waals surface area (Å²) in [4.78, 5) is 45.5. The maximum Gasteiger partial charge on any atom is 0.436 e. The number of thiophene rings is 1. The number of nitrogens with one attached hydrogen (secondary N) is 2. The first kappa shape index (κ1) is 32.3. The molecule has 0 aliphatic carbocycles. The van der Waals surface area contributed by atoms with Gasteiger partial charge < -0.3 is 20.3 Å². The van der Waals surface area contributed by atoms with E-state index in [-0.39, 0.29) is 29.7 Å². The van der Waals surface area contributed by atoms with E-state index in [1.807, 2.05) is 77.1 Å². The van der Waals surface area contributed by atoms with E-state index in [0.29, 0.717) is 20.7 Å². The van der Waals surface area contributed by atoms with Gasteiger partial charge in [-0.05, 0) is 55.6 Å². The average Bonchev–Trinajstić information content (AvgIpc) is 3.58. The Morgan fingerprint density at radius 3 is 2.22 bits per heavy atom. The first-order valence-corrected chi connectivity index (χ1v) is 16.0. The number of carbonyl (C=O) groups excluding carboxylic acids is 3. The van der Waals surface area contributed by atoms with Crippen molar-refractivity contribution in [1.82, 2.24) is 24.9 Å². The Hall–Kier alpha value is -4.06. The molecule has 10 nitrogen and oxygen atoms in total. The van der Waals surface area contributed by atoms with Gasteiger partial charge in [0, 0.05) is 38.3 Å². The molecule has 3 heterocycles. The first-order chi connectivity index (χ1) is 21.3. The fourth-order valence-electron chi connectivity index (χ4n) is 5.05. The third-order valence-corrected chi connectivity index (χ3v) is 8.87. The van der Waals surface area contributed by atoms with Crippen molar-refractivity contribution in [2.45, 2.75) is 46.7 Å². The number of nitrogens with zero attached hydrogens (tertiary/aromatic N) is 4. The predicted octanol–water partition coefficient (Wildman–Crippen LogP) is 5.79. The van der Waals surface area contributed by atoms with E-state index >= 15 is 0 Å². The predicted molar refractivity (Wildman–Crippen MR) is 178 cm³/mol. The van der Waals surface area contributed by atoms with Crippen LogP contribution in [0.1, 0.15) is 65.8 Å². The minimum atomic E-state index is -0.679. The van der Waals surface area contributed by atoms with Crippen LogP contribution in [0.4, 0.5) is 10.6 Å². The van der Waals surface area contributed by atoms with Crippen LogP contribution in [-0.4, -0.2) is 77.3 Å². The van der Waals surface area contributed by atoms with Crippen LogP contribution in [0.25, 0.3) is 10.2 Å². The van der Waals surface area contributed by atoms with E-state index in [2.05, 4.69) is 32.6 Å². The summed E-state index contributed by atoms with van der Waals surface area (Å²) >= 11 is 1.12. The number of carbonyl (C=O) groups is 3. The molecule has 238 valence electrons. The number of hydrogen-bond donors (Lipinski definition) is 2. The minimum Gasteiger partial charge on any atom is -0.447 e. The van der Waals surface area contributed by atoms with Crippen LogP contribution in [0, 0.1) is 5.41 Å². The second kappa shape index (κ2) is 13.1. The molecule has 0 spiro atoms. The van der Waals surface area contributed by atoms with Gasteiger partial charge in [-0.2, -0.15) is 4.68 Å². The zero-order chi connectivity index (χ0) is 32.4. The second-order valence-electron chi connectivity index (χ2n) is 13.4. The molecular formula is C34H42N6O4S. The molecule has 5 rings (SSSR count). The quantitative estimate of drug-likeness (QED) is 0.254. The molecule has 0 atom stereocenters. The Morgan fingerprint density at radius 1 is 0.911 bits per heavy atom. The Bertz CT molecular complexity index is 1660. The third kappa shape index (κ3) is 7.97. The number of anilines is 1. The lowest BCUT2D eigenvalue weighted by molar-refractivity contribution is 0.0915. The summed E-state index contributed by atoms with van der Waals surface area (Å²) in [6.07, 6.45) is -0.679. The Morgan fingerprint density at radius 2 is 1.58 bits per heavy atom. The van der Waals surface area contributed by atoms with Crippen LogP contribution in [-0.2, 0) is 16.8 Å². The van der Waals surface area contributed by atoms with Crippen molar-refractivity contribution in [2.24, 2.45) is 5.41 Å². The standard InChI is InChI=1S/C34H42N6O4S/c1-33(2,3)22-44-32(43)40-31-26(20-27(45-31)30(42)36-34(4,5)25-10-8-7-9-11-25)28(37-40)35-29(41)24-14-12-23(13-15-24)21-39-18-16-38(6)17-19-39/h7-15,20H,16-19,21-22H2,1-6H3,(H,36,42)(H,35,37,41). The summed E-state index contributed by atoms with van der Waals surface area (Å²) < 4.78 is 6.67. The van der Waals surface area contributed by atoms with Gasteiger partial charge in [0.05, 0.1) is 22.4 Å². The fourth-order valence-corrected chi connectivity index (χ4v) is 6.05. The molecule has 2 N–H and O–H groups in total. The average molecular weight is 631 g/mol. The van der Waals surface area contributed by atoms with E-state index < -0.39 is 11.6 Å². The molecule has 45 heavy (non-hydrogen) atoms. The normalized spacial score (nSPS) is 14.8. The summed E-state index contributed by atoms with van der Waals surface area (Å²) in [5.41, 5.74) is 1.67. The second-order valence-corrected chi connectivity index (χ2v) is 14.4. The zero-order valence-corrected chi connectivity index (χ0v) is 27.7. The highest BCUT2D eigenvalue weighted by Gasteiger charge is 2.28. The Balaban J connectivity index is 1.37. The highest BCUT2D eigenvalue weighted by atomic mass is 32.1. The van der Waals surface area contributed by atoms with Crippen molar-refractivity contribution in [3.63, 3.8) is 0 Å². The SMILES string of the molecule is CN1CCN(Cc2ccc(C(=O)Nc3nn(C(=O)OCC(C)(C)C)c4sc(C(=O)NC(C)(C)c5ccccc5)cc34)cc2)CC1. The molecule has 1 fully saturated rings. The molecule has 0 saturated carbocycles. The van der Waals surface area contributed by atoms with Gasteiger partial charge >= 0.3 is 6.09 Å². The van der Waals surface area contributed by atoms with Crippen LogP contribution < -0.4 is 10.6 Å².